The Kier molecular flexibility index (Phi) is 6.16. The van der Waals surface area contributed by atoms with Gasteiger partial charge in [0.2, 0.25) is 5.91 Å². The molecule has 1 aromatic heterocycles. The molecule has 1 aromatic carbocycles. The largest absolute Gasteiger partial charge is 0.322 e. The molecule has 0 spiro atoms. The van der Waals surface area contributed by atoms with Crippen molar-refractivity contribution in [3.05, 3.63) is 53.7 Å². The molecule has 0 aliphatic carbocycles. The topological polar surface area (TPSA) is 77.6 Å². The number of pyridine rings is 1. The SMILES string of the molecule is CC(=O)Nc1cc(C(=O)Nc2ccc(CN3CCN(C)CC3)cc2)ccn1. The number of benzene rings is 1. The van der Waals surface area contributed by atoms with E-state index in [2.05, 4.69) is 32.5 Å². The summed E-state index contributed by atoms with van der Waals surface area (Å²) in [4.78, 5) is 32.3. The second-order valence-electron chi connectivity index (χ2n) is 6.84. The fraction of sp³-hybridized carbons (Fsp3) is 0.350. The van der Waals surface area contributed by atoms with Gasteiger partial charge in [0.25, 0.3) is 5.91 Å². The number of nitrogens with zero attached hydrogens (tertiary/aromatic N) is 3. The summed E-state index contributed by atoms with van der Waals surface area (Å²) in [5.74, 6) is -0.107. The van der Waals surface area contributed by atoms with Gasteiger partial charge >= 0.3 is 0 Å². The molecule has 2 aromatic rings. The predicted octanol–water partition coefficient (Wildman–Crippen LogP) is 2.04. The maximum atomic E-state index is 12.4. The first-order valence-corrected chi connectivity index (χ1v) is 9.04. The third-order valence-electron chi connectivity index (χ3n) is 4.54. The highest BCUT2D eigenvalue weighted by Gasteiger charge is 2.14. The van der Waals surface area contributed by atoms with Crippen molar-refractivity contribution in [2.45, 2.75) is 13.5 Å². The van der Waals surface area contributed by atoms with Gasteiger partial charge < -0.3 is 15.5 Å². The maximum absolute atomic E-state index is 12.4. The molecule has 0 atom stereocenters. The summed E-state index contributed by atoms with van der Waals surface area (Å²) in [7, 11) is 2.15. The Morgan fingerprint density at radius 3 is 2.41 bits per heavy atom. The highest BCUT2D eigenvalue weighted by molar-refractivity contribution is 6.05. The molecule has 0 unspecified atom stereocenters. The van der Waals surface area contributed by atoms with Crippen LogP contribution < -0.4 is 10.6 Å². The number of rotatable bonds is 5. The lowest BCUT2D eigenvalue weighted by Crippen LogP contribution is -2.43. The smallest absolute Gasteiger partial charge is 0.255 e. The molecule has 7 nitrogen and oxygen atoms in total. The summed E-state index contributed by atoms with van der Waals surface area (Å²) in [5, 5.41) is 5.45. The normalized spacial score (nSPS) is 15.3. The van der Waals surface area contributed by atoms with Gasteiger partial charge in [-0.3, -0.25) is 14.5 Å². The van der Waals surface area contributed by atoms with E-state index in [1.54, 1.807) is 12.1 Å². The van der Waals surface area contributed by atoms with Gasteiger partial charge in [-0.25, -0.2) is 4.98 Å². The first-order chi connectivity index (χ1) is 13.0. The molecule has 0 saturated carbocycles. The zero-order valence-corrected chi connectivity index (χ0v) is 15.7. The molecule has 1 aliphatic heterocycles. The van der Waals surface area contributed by atoms with Crippen LogP contribution in [-0.4, -0.2) is 59.8 Å². The van der Waals surface area contributed by atoms with Gasteiger partial charge in [0.1, 0.15) is 5.82 Å². The van der Waals surface area contributed by atoms with Crippen LogP contribution in [0.1, 0.15) is 22.8 Å². The maximum Gasteiger partial charge on any atom is 0.255 e. The molecule has 27 heavy (non-hydrogen) atoms. The van der Waals surface area contributed by atoms with Crippen molar-refractivity contribution in [3.8, 4) is 0 Å². The number of aromatic nitrogens is 1. The van der Waals surface area contributed by atoms with Crippen LogP contribution in [0.25, 0.3) is 0 Å². The van der Waals surface area contributed by atoms with Crippen LogP contribution in [0.15, 0.2) is 42.6 Å². The van der Waals surface area contributed by atoms with Crippen molar-refractivity contribution in [1.82, 2.24) is 14.8 Å². The fourth-order valence-corrected chi connectivity index (χ4v) is 2.98. The first-order valence-electron chi connectivity index (χ1n) is 9.04. The van der Waals surface area contributed by atoms with E-state index < -0.39 is 0 Å². The van der Waals surface area contributed by atoms with Crippen LogP contribution in [0.4, 0.5) is 11.5 Å². The number of piperazine rings is 1. The van der Waals surface area contributed by atoms with Gasteiger partial charge in [-0.15, -0.1) is 0 Å². The molecule has 142 valence electrons. The van der Waals surface area contributed by atoms with E-state index in [9.17, 15) is 9.59 Å². The lowest BCUT2D eigenvalue weighted by molar-refractivity contribution is -0.114. The van der Waals surface area contributed by atoms with E-state index in [-0.39, 0.29) is 11.8 Å². The Hall–Kier alpha value is -2.77. The van der Waals surface area contributed by atoms with Gasteiger partial charge in [-0.05, 0) is 36.9 Å². The average molecular weight is 367 g/mol. The summed E-state index contributed by atoms with van der Waals surface area (Å²) in [6.07, 6.45) is 1.50. The van der Waals surface area contributed by atoms with E-state index in [1.165, 1.54) is 18.7 Å². The fourth-order valence-electron chi connectivity index (χ4n) is 2.98. The second-order valence-corrected chi connectivity index (χ2v) is 6.84. The molecule has 1 saturated heterocycles. The quantitative estimate of drug-likeness (QED) is 0.846. The predicted molar refractivity (Wildman–Crippen MR) is 106 cm³/mol. The molecule has 3 rings (SSSR count). The van der Waals surface area contributed by atoms with Crippen molar-refractivity contribution in [2.75, 3.05) is 43.9 Å². The summed E-state index contributed by atoms with van der Waals surface area (Å²) >= 11 is 0. The van der Waals surface area contributed by atoms with E-state index in [1.807, 2.05) is 24.3 Å². The minimum absolute atomic E-state index is 0.226. The Labute approximate surface area is 159 Å². The van der Waals surface area contributed by atoms with Crippen LogP contribution in [0.2, 0.25) is 0 Å². The second kappa shape index (κ2) is 8.75. The Balaban J connectivity index is 1.57. The third kappa shape index (κ3) is 5.60. The average Bonchev–Trinajstić information content (AvgIpc) is 2.65. The van der Waals surface area contributed by atoms with Crippen LogP contribution >= 0.6 is 0 Å². The highest BCUT2D eigenvalue weighted by atomic mass is 16.2. The summed E-state index contributed by atoms with van der Waals surface area (Å²) in [6, 6.07) is 11.1. The van der Waals surface area contributed by atoms with Crippen molar-refractivity contribution in [3.63, 3.8) is 0 Å². The van der Waals surface area contributed by atoms with Gasteiger partial charge in [-0.2, -0.15) is 0 Å². The van der Waals surface area contributed by atoms with Crippen molar-refractivity contribution in [1.29, 1.82) is 0 Å². The number of carbonyl (C=O) groups excluding carboxylic acids is 2. The first kappa shape index (κ1) is 19.0. The number of hydrogen-bond acceptors (Lipinski definition) is 5. The molecular weight excluding hydrogens is 342 g/mol. The van der Waals surface area contributed by atoms with Crippen LogP contribution in [0.5, 0.6) is 0 Å². The Morgan fingerprint density at radius 1 is 1.04 bits per heavy atom. The van der Waals surface area contributed by atoms with E-state index in [4.69, 9.17) is 0 Å². The molecule has 1 fully saturated rings. The standard InChI is InChI=1S/C20H25N5O2/c1-15(26)22-19-13-17(7-8-21-19)20(27)23-18-5-3-16(4-6-18)14-25-11-9-24(2)10-12-25/h3-8,13H,9-12,14H2,1-2H3,(H,23,27)(H,21,22,26). The van der Waals surface area contributed by atoms with E-state index in [0.717, 1.165) is 38.4 Å². The number of hydrogen-bond donors (Lipinski definition) is 2. The van der Waals surface area contributed by atoms with E-state index in [0.29, 0.717) is 11.4 Å². The number of likely N-dealkylation sites (N-methyl/N-ethyl adjacent to an activating group) is 1. The van der Waals surface area contributed by atoms with Crippen LogP contribution in [0, 0.1) is 0 Å². The van der Waals surface area contributed by atoms with Gasteiger partial charge in [-0.1, -0.05) is 12.1 Å². The summed E-state index contributed by atoms with van der Waals surface area (Å²) in [5.41, 5.74) is 2.41. The number of amides is 2. The van der Waals surface area contributed by atoms with Gasteiger partial charge in [0, 0.05) is 57.1 Å². The summed E-state index contributed by atoms with van der Waals surface area (Å²) in [6.45, 7) is 6.67. The number of nitrogens with one attached hydrogen (secondary N) is 2. The minimum atomic E-state index is -0.240. The molecule has 2 N–H and O–H groups in total. The van der Waals surface area contributed by atoms with Crippen molar-refractivity contribution in [2.24, 2.45) is 0 Å². The van der Waals surface area contributed by atoms with E-state index >= 15 is 0 Å². The number of carbonyl (C=O) groups is 2. The third-order valence-corrected chi connectivity index (χ3v) is 4.54. The van der Waals surface area contributed by atoms with Gasteiger partial charge in [0.05, 0.1) is 0 Å². The molecule has 1 aliphatic rings. The highest BCUT2D eigenvalue weighted by Crippen LogP contribution is 2.15. The monoisotopic (exact) mass is 367 g/mol. The van der Waals surface area contributed by atoms with Crippen molar-refractivity contribution < 1.29 is 9.59 Å². The lowest BCUT2D eigenvalue weighted by atomic mass is 10.1. The van der Waals surface area contributed by atoms with Crippen LogP contribution in [-0.2, 0) is 11.3 Å². The Bertz CT molecular complexity index is 798. The molecule has 0 bridgehead atoms. The minimum Gasteiger partial charge on any atom is -0.322 e. The van der Waals surface area contributed by atoms with Crippen molar-refractivity contribution >= 4 is 23.3 Å². The molecule has 0 radical (unpaired) electrons. The zero-order valence-electron chi connectivity index (χ0n) is 15.7. The van der Waals surface area contributed by atoms with Gasteiger partial charge in [0.15, 0.2) is 0 Å². The summed E-state index contributed by atoms with van der Waals surface area (Å²) < 4.78 is 0. The molecule has 7 heteroatoms. The zero-order chi connectivity index (χ0) is 19.2. The molecule has 2 heterocycles. The number of anilines is 2. The Morgan fingerprint density at radius 2 is 1.74 bits per heavy atom. The molecule has 2 amide bonds. The van der Waals surface area contributed by atoms with Crippen LogP contribution in [0.3, 0.4) is 0 Å². The molecular formula is C20H25N5O2. The lowest BCUT2D eigenvalue weighted by Gasteiger charge is -2.32.